The van der Waals surface area contributed by atoms with Gasteiger partial charge in [0, 0.05) is 29.4 Å². The highest BCUT2D eigenvalue weighted by Gasteiger charge is 2.27. The minimum absolute atomic E-state index is 0.292. The molecule has 0 unspecified atom stereocenters. The predicted molar refractivity (Wildman–Crippen MR) is 111 cm³/mol. The van der Waals surface area contributed by atoms with E-state index in [1.165, 1.54) is 23.4 Å². The van der Waals surface area contributed by atoms with Gasteiger partial charge in [0.2, 0.25) is 0 Å². The number of urea groups is 1. The Balaban J connectivity index is 1.26. The first-order valence-electron chi connectivity index (χ1n) is 10.2. The van der Waals surface area contributed by atoms with Gasteiger partial charge in [0.25, 0.3) is 0 Å². The fourth-order valence-electron chi connectivity index (χ4n) is 4.48. The summed E-state index contributed by atoms with van der Waals surface area (Å²) in [5, 5.41) is 5.71. The van der Waals surface area contributed by atoms with Gasteiger partial charge in [-0.15, -0.1) is 0 Å². The third-order valence-electron chi connectivity index (χ3n) is 5.92. The number of nitrogens with one attached hydrogen (secondary N) is 2. The number of nitrogens with zero attached hydrogens (tertiary/aromatic N) is 2. The lowest BCUT2D eigenvalue weighted by atomic mass is 9.87. The van der Waals surface area contributed by atoms with E-state index in [1.54, 1.807) is 6.07 Å². The van der Waals surface area contributed by atoms with E-state index in [-0.39, 0.29) is 17.9 Å². The van der Waals surface area contributed by atoms with Crippen LogP contribution in [0.4, 0.5) is 14.9 Å². The molecule has 0 spiro atoms. The van der Waals surface area contributed by atoms with Gasteiger partial charge in [0.1, 0.15) is 18.2 Å². The first-order chi connectivity index (χ1) is 14.6. The molecule has 0 radical (unpaired) electrons. The fourth-order valence-corrected chi connectivity index (χ4v) is 4.48. The number of carbonyl (C=O) groups is 1. The summed E-state index contributed by atoms with van der Waals surface area (Å²) in [7, 11) is 0. The van der Waals surface area contributed by atoms with Crippen molar-refractivity contribution in [2.24, 2.45) is 0 Å². The van der Waals surface area contributed by atoms with Crippen LogP contribution in [0.25, 0.3) is 0 Å². The van der Waals surface area contributed by atoms with E-state index in [9.17, 15) is 9.18 Å². The summed E-state index contributed by atoms with van der Waals surface area (Å²) in [5.41, 5.74) is 4.95. The Kier molecular flexibility index (Phi) is 4.65. The summed E-state index contributed by atoms with van der Waals surface area (Å²) in [6, 6.07) is 11.6. The summed E-state index contributed by atoms with van der Waals surface area (Å²) < 4.78 is 21.3. The highest BCUT2D eigenvalue weighted by atomic mass is 19.1. The molecule has 1 aromatic heterocycles. The van der Waals surface area contributed by atoms with E-state index in [0.717, 1.165) is 25.1 Å². The lowest BCUT2D eigenvalue weighted by molar-refractivity contribution is 0.243. The van der Waals surface area contributed by atoms with Crippen LogP contribution in [0.1, 0.15) is 47.3 Å². The first kappa shape index (κ1) is 18.7. The first-order valence-corrected chi connectivity index (χ1v) is 10.2. The smallest absolute Gasteiger partial charge is 0.319 e. The van der Waals surface area contributed by atoms with Gasteiger partial charge < -0.3 is 19.9 Å². The van der Waals surface area contributed by atoms with Crippen LogP contribution in [0.3, 0.4) is 0 Å². The van der Waals surface area contributed by atoms with Crippen LogP contribution >= 0.6 is 0 Å². The van der Waals surface area contributed by atoms with Gasteiger partial charge in [-0.05, 0) is 55.7 Å². The molecule has 2 amide bonds. The van der Waals surface area contributed by atoms with Crippen LogP contribution in [-0.4, -0.2) is 22.2 Å². The highest BCUT2D eigenvalue weighted by Crippen LogP contribution is 2.35. The zero-order valence-corrected chi connectivity index (χ0v) is 16.7. The third kappa shape index (κ3) is 3.40. The number of hydrogen-bond acceptors (Lipinski definition) is 3. The Bertz CT molecular complexity index is 1090. The minimum Gasteiger partial charge on any atom is -0.491 e. The molecule has 2 N–H and O–H groups in total. The van der Waals surface area contributed by atoms with Gasteiger partial charge in [-0.3, -0.25) is 0 Å². The van der Waals surface area contributed by atoms with Crippen molar-refractivity contribution >= 4 is 11.7 Å². The number of ether oxygens (including phenoxy) is 1. The molecule has 2 aromatic carbocycles. The van der Waals surface area contributed by atoms with Gasteiger partial charge in [-0.25, -0.2) is 14.2 Å². The Morgan fingerprint density at radius 3 is 2.90 bits per heavy atom. The number of anilines is 1. The number of rotatable bonds is 3. The van der Waals surface area contributed by atoms with Gasteiger partial charge in [-0.2, -0.15) is 0 Å². The molecule has 2 atom stereocenters. The molecule has 5 rings (SSSR count). The van der Waals surface area contributed by atoms with Crippen LogP contribution < -0.4 is 15.4 Å². The molecule has 2 aliphatic heterocycles. The number of halogens is 1. The maximum absolute atomic E-state index is 13.5. The molecular formula is C23H23FN4O2. The number of aromatic nitrogens is 2. The molecule has 7 heteroatoms. The summed E-state index contributed by atoms with van der Waals surface area (Å²) in [5.74, 6) is 0.584. The van der Waals surface area contributed by atoms with Crippen molar-refractivity contribution in [3.05, 3.63) is 77.1 Å². The second-order valence-corrected chi connectivity index (χ2v) is 7.87. The molecule has 3 heterocycles. The number of fused-ring (bicyclic) bond motifs is 2. The van der Waals surface area contributed by atoms with Crippen LogP contribution in [0.15, 0.2) is 48.8 Å². The highest BCUT2D eigenvalue weighted by molar-refractivity contribution is 5.89. The van der Waals surface area contributed by atoms with Crippen LogP contribution in [0.2, 0.25) is 0 Å². The molecule has 0 fully saturated rings. The third-order valence-corrected chi connectivity index (χ3v) is 5.92. The van der Waals surface area contributed by atoms with E-state index < -0.39 is 0 Å². The van der Waals surface area contributed by atoms with Crippen molar-refractivity contribution in [2.75, 3.05) is 11.9 Å². The molecular weight excluding hydrogens is 383 g/mol. The molecule has 6 nitrogen and oxygen atoms in total. The average Bonchev–Trinajstić information content (AvgIpc) is 3.32. The molecule has 3 aromatic rings. The van der Waals surface area contributed by atoms with E-state index >= 15 is 0 Å². The molecule has 30 heavy (non-hydrogen) atoms. The van der Waals surface area contributed by atoms with Gasteiger partial charge in [0.05, 0.1) is 18.1 Å². The van der Waals surface area contributed by atoms with Crippen LogP contribution in [0.5, 0.6) is 5.75 Å². The predicted octanol–water partition coefficient (Wildman–Crippen LogP) is 4.51. The topological polar surface area (TPSA) is 68.2 Å². The lowest BCUT2D eigenvalue weighted by Crippen LogP contribution is -2.33. The lowest BCUT2D eigenvalue weighted by Gasteiger charge is -2.25. The van der Waals surface area contributed by atoms with Crippen molar-refractivity contribution in [2.45, 2.75) is 38.3 Å². The van der Waals surface area contributed by atoms with Crippen molar-refractivity contribution in [1.29, 1.82) is 0 Å². The number of benzene rings is 2. The Morgan fingerprint density at radius 2 is 2.07 bits per heavy atom. The summed E-state index contributed by atoms with van der Waals surface area (Å²) in [6.07, 6.45) is 4.15. The quantitative estimate of drug-likeness (QED) is 0.672. The minimum atomic E-state index is -0.375. The molecule has 154 valence electrons. The van der Waals surface area contributed by atoms with Crippen molar-refractivity contribution < 1.29 is 13.9 Å². The number of carbonyl (C=O) groups excluding carboxylic acids is 1. The largest absolute Gasteiger partial charge is 0.491 e. The van der Waals surface area contributed by atoms with Gasteiger partial charge >= 0.3 is 6.03 Å². The number of amides is 2. The van der Waals surface area contributed by atoms with Gasteiger partial charge in [-0.1, -0.05) is 12.1 Å². The van der Waals surface area contributed by atoms with E-state index in [0.29, 0.717) is 29.5 Å². The van der Waals surface area contributed by atoms with Crippen LogP contribution in [-0.2, 0) is 6.54 Å². The SMILES string of the molecule is Cc1ncn2c1[C@@H](c1ccc(NC(=O)N[C@@H]3COc4ccc(F)cc43)cc1)CCC2. The molecule has 0 aliphatic carbocycles. The normalized spacial score (nSPS) is 19.5. The van der Waals surface area contributed by atoms with E-state index in [4.69, 9.17) is 4.74 Å². The van der Waals surface area contributed by atoms with Crippen molar-refractivity contribution in [1.82, 2.24) is 14.9 Å². The maximum atomic E-state index is 13.5. The second kappa shape index (κ2) is 7.48. The summed E-state index contributed by atoms with van der Waals surface area (Å²) in [4.78, 5) is 16.9. The average molecular weight is 406 g/mol. The number of imidazole rings is 1. The fraction of sp³-hybridized carbons (Fsp3) is 0.304. The standard InChI is InChI=1S/C23H23FN4O2/c1-14-22-18(3-2-10-28(22)13-25-14)15-4-7-17(8-5-15)26-23(29)27-20-12-30-21-9-6-16(24)11-19(20)21/h4-9,11,13,18,20H,2-3,10,12H2,1H3,(H2,26,27,29)/t18-,20-/m1/s1. The van der Waals surface area contributed by atoms with Gasteiger partial charge in [0.15, 0.2) is 0 Å². The Hall–Kier alpha value is -3.35. The zero-order chi connectivity index (χ0) is 20.7. The van der Waals surface area contributed by atoms with Crippen molar-refractivity contribution in [3.63, 3.8) is 0 Å². The van der Waals surface area contributed by atoms with E-state index in [2.05, 4.69) is 39.2 Å². The van der Waals surface area contributed by atoms with Crippen LogP contribution in [0, 0.1) is 12.7 Å². The molecule has 0 saturated carbocycles. The second-order valence-electron chi connectivity index (χ2n) is 7.87. The number of aryl methyl sites for hydroxylation is 2. The Labute approximate surface area is 174 Å². The number of hydrogen-bond donors (Lipinski definition) is 2. The maximum Gasteiger partial charge on any atom is 0.319 e. The Morgan fingerprint density at radius 1 is 1.23 bits per heavy atom. The summed E-state index contributed by atoms with van der Waals surface area (Å²) >= 11 is 0. The van der Waals surface area contributed by atoms with Crippen molar-refractivity contribution in [3.8, 4) is 5.75 Å². The molecule has 0 bridgehead atoms. The van der Waals surface area contributed by atoms with E-state index in [1.807, 2.05) is 18.5 Å². The molecule has 2 aliphatic rings. The monoisotopic (exact) mass is 406 g/mol. The summed E-state index contributed by atoms with van der Waals surface area (Å²) in [6.45, 7) is 3.37. The zero-order valence-electron chi connectivity index (χ0n) is 16.7. The molecule has 0 saturated heterocycles.